The molecular formula is C51H80Cl2N10O2. The van der Waals surface area contributed by atoms with Crippen molar-refractivity contribution in [2.75, 3.05) is 23.7 Å². The molecule has 14 heteroatoms. The van der Waals surface area contributed by atoms with Gasteiger partial charge >= 0.3 is 0 Å². The number of hydrogen-bond acceptors (Lipinski definition) is 6. The molecule has 0 bridgehead atoms. The molecule has 1 aliphatic rings. The number of hydrogen-bond donors (Lipinski definition) is 11. The first-order valence-corrected chi connectivity index (χ1v) is 24.5. The van der Waals surface area contributed by atoms with Gasteiger partial charge in [-0.3, -0.25) is 32.3 Å². The third-order valence-electron chi connectivity index (χ3n) is 12.3. The number of halogens is 2. The number of ether oxygens (including phenoxy) is 1. The molecule has 0 aromatic heterocycles. The fourth-order valence-electron chi connectivity index (χ4n) is 8.06. The third kappa shape index (κ3) is 21.0. The van der Waals surface area contributed by atoms with Gasteiger partial charge in [0.1, 0.15) is 17.1 Å². The lowest BCUT2D eigenvalue weighted by Gasteiger charge is -2.38. The SMILES string of the molecule is Cc1c(C)c2c(c(C)c1O)CC[C@@](C)(CCC[C@H](C)CCC[C@H](C)CCCC(C)C)O2.N=C(NCCCCCCNC(=N)NC(=N)Nc1ccc(Cl)cc1)NC(=N)Nc1ccc(Cl)cc1. The molecule has 0 radical (unpaired) electrons. The average molecular weight is 936 g/mol. The Morgan fingerprint density at radius 3 is 1.52 bits per heavy atom. The fourth-order valence-corrected chi connectivity index (χ4v) is 8.31. The number of phenolic OH excluding ortho intramolecular Hbond substituents is 1. The number of benzene rings is 3. The van der Waals surface area contributed by atoms with E-state index in [0.29, 0.717) is 40.3 Å². The maximum atomic E-state index is 10.4. The van der Waals surface area contributed by atoms with Gasteiger partial charge in [-0.15, -0.1) is 0 Å². The lowest BCUT2D eigenvalue weighted by molar-refractivity contribution is 0.0511. The summed E-state index contributed by atoms with van der Waals surface area (Å²) in [6, 6.07) is 13.9. The molecule has 12 nitrogen and oxygen atoms in total. The standard InChI is InChI=1S/C29H50O2.C22H30Cl2N10/c1-20(2)12-9-13-21(3)14-10-15-22(4)16-11-18-29(8)19-17-26-25(7)27(30)23(5)24(6)28(26)31-29;23-15-5-9-17(10-6-15)31-21(27)33-19(25)29-13-3-1-2-4-14-30-20(26)34-22(28)32-18-11-7-16(24)8-12-18/h20-22,30H,9-19H2,1-8H3;5-12H,1-4,13-14H2,(H5,25,27,29,31,33)(H5,26,28,30,32,34)/t21-,22-,29-;/m1./s1. The minimum Gasteiger partial charge on any atom is -0.507 e. The van der Waals surface area contributed by atoms with Crippen molar-refractivity contribution in [1.29, 1.82) is 21.6 Å². The van der Waals surface area contributed by atoms with Crippen LogP contribution >= 0.6 is 23.2 Å². The molecule has 0 unspecified atom stereocenters. The molecule has 65 heavy (non-hydrogen) atoms. The smallest absolute Gasteiger partial charge is 0.199 e. The summed E-state index contributed by atoms with van der Waals surface area (Å²) in [5.74, 6) is 4.15. The number of phenols is 1. The Hall–Kier alpha value is -4.68. The Kier molecular flexibility index (Phi) is 23.9. The van der Waals surface area contributed by atoms with Crippen LogP contribution in [0.25, 0.3) is 0 Å². The molecular weight excluding hydrogens is 856 g/mol. The molecule has 3 aromatic rings. The molecule has 0 saturated carbocycles. The number of unbranched alkanes of at least 4 members (excludes halogenated alkanes) is 3. The summed E-state index contributed by atoms with van der Waals surface area (Å²) in [5.41, 5.74) is 5.65. The third-order valence-corrected chi connectivity index (χ3v) is 12.8. The zero-order valence-corrected chi connectivity index (χ0v) is 42.0. The van der Waals surface area contributed by atoms with Gasteiger partial charge < -0.3 is 31.1 Å². The fraction of sp³-hybridized carbons (Fsp3) is 0.569. The van der Waals surface area contributed by atoms with Crippen LogP contribution in [0.2, 0.25) is 10.0 Å². The largest absolute Gasteiger partial charge is 0.507 e. The first-order valence-electron chi connectivity index (χ1n) is 23.8. The van der Waals surface area contributed by atoms with E-state index in [9.17, 15) is 5.11 Å². The van der Waals surface area contributed by atoms with Crippen LogP contribution in [0.3, 0.4) is 0 Å². The summed E-state index contributed by atoms with van der Waals surface area (Å²) < 4.78 is 6.60. The highest BCUT2D eigenvalue weighted by Gasteiger charge is 2.34. The summed E-state index contributed by atoms with van der Waals surface area (Å²) in [7, 11) is 0. The van der Waals surface area contributed by atoms with E-state index in [1.807, 2.05) is 13.8 Å². The summed E-state index contributed by atoms with van der Waals surface area (Å²) in [6.45, 7) is 19.2. The van der Waals surface area contributed by atoms with Crippen molar-refractivity contribution < 1.29 is 9.84 Å². The predicted octanol–water partition coefficient (Wildman–Crippen LogP) is 13.0. The molecule has 0 fully saturated rings. The Bertz CT molecular complexity index is 1880. The van der Waals surface area contributed by atoms with Crippen LogP contribution in [-0.2, 0) is 6.42 Å². The van der Waals surface area contributed by atoms with Crippen molar-refractivity contribution in [1.82, 2.24) is 21.3 Å². The molecule has 1 aliphatic heterocycles. The van der Waals surface area contributed by atoms with Crippen LogP contribution in [0, 0.1) is 60.2 Å². The van der Waals surface area contributed by atoms with Crippen molar-refractivity contribution in [3.8, 4) is 11.5 Å². The highest BCUT2D eigenvalue weighted by atomic mass is 35.5. The number of nitrogens with one attached hydrogen (secondary N) is 10. The number of guanidine groups is 4. The number of anilines is 2. The lowest BCUT2D eigenvalue weighted by Crippen LogP contribution is -2.43. The van der Waals surface area contributed by atoms with Crippen molar-refractivity contribution in [2.24, 2.45) is 17.8 Å². The molecule has 0 saturated heterocycles. The predicted molar refractivity (Wildman–Crippen MR) is 276 cm³/mol. The molecule has 3 aromatic carbocycles. The van der Waals surface area contributed by atoms with Gasteiger partial charge in [0.25, 0.3) is 0 Å². The van der Waals surface area contributed by atoms with Crippen molar-refractivity contribution >= 4 is 58.4 Å². The van der Waals surface area contributed by atoms with Gasteiger partial charge in [-0.25, -0.2) is 0 Å². The molecule has 11 N–H and O–H groups in total. The van der Waals surface area contributed by atoms with Crippen LogP contribution in [0.4, 0.5) is 11.4 Å². The van der Waals surface area contributed by atoms with Crippen LogP contribution in [0.15, 0.2) is 48.5 Å². The normalized spacial score (nSPS) is 15.0. The van der Waals surface area contributed by atoms with Crippen molar-refractivity contribution in [3.05, 3.63) is 80.8 Å². The number of fused-ring (bicyclic) bond motifs is 1. The van der Waals surface area contributed by atoms with Gasteiger partial charge in [-0.05, 0) is 149 Å². The summed E-state index contributed by atoms with van der Waals surface area (Å²) in [5, 5.41) is 59.9. The zero-order valence-electron chi connectivity index (χ0n) is 40.5. The Balaban J connectivity index is 0.000000347. The summed E-state index contributed by atoms with van der Waals surface area (Å²) >= 11 is 11.7. The second-order valence-electron chi connectivity index (χ2n) is 18.7. The molecule has 0 spiro atoms. The minimum atomic E-state index is -0.0712. The van der Waals surface area contributed by atoms with E-state index in [1.165, 1.54) is 56.9 Å². The maximum Gasteiger partial charge on any atom is 0.199 e. The van der Waals surface area contributed by atoms with E-state index >= 15 is 0 Å². The van der Waals surface area contributed by atoms with E-state index < -0.39 is 0 Å². The number of aromatic hydroxyl groups is 1. The van der Waals surface area contributed by atoms with Crippen LogP contribution in [0.1, 0.15) is 147 Å². The highest BCUT2D eigenvalue weighted by Crippen LogP contribution is 2.44. The highest BCUT2D eigenvalue weighted by molar-refractivity contribution is 6.31. The quantitative estimate of drug-likeness (QED) is 0.0282. The molecule has 1 heterocycles. The van der Waals surface area contributed by atoms with E-state index in [4.69, 9.17) is 49.6 Å². The molecule has 360 valence electrons. The second kappa shape index (κ2) is 28.4. The van der Waals surface area contributed by atoms with Gasteiger partial charge in [0, 0.05) is 40.1 Å². The Morgan fingerprint density at radius 2 is 1.06 bits per heavy atom. The van der Waals surface area contributed by atoms with E-state index in [2.05, 4.69) is 73.4 Å². The van der Waals surface area contributed by atoms with E-state index in [1.54, 1.807) is 48.5 Å². The van der Waals surface area contributed by atoms with Gasteiger partial charge in [0.15, 0.2) is 23.8 Å². The lowest BCUT2D eigenvalue weighted by atomic mass is 9.84. The van der Waals surface area contributed by atoms with Gasteiger partial charge in [0.2, 0.25) is 0 Å². The van der Waals surface area contributed by atoms with Crippen LogP contribution in [-0.4, -0.2) is 47.6 Å². The van der Waals surface area contributed by atoms with Gasteiger partial charge in [0.05, 0.1) is 0 Å². The topological polar surface area (TPSA) is 197 Å². The van der Waals surface area contributed by atoms with Crippen LogP contribution < -0.4 is 36.6 Å². The maximum absolute atomic E-state index is 10.4. The van der Waals surface area contributed by atoms with Crippen molar-refractivity contribution in [2.45, 2.75) is 157 Å². The van der Waals surface area contributed by atoms with Gasteiger partial charge in [-0.1, -0.05) is 109 Å². The Labute approximate surface area is 400 Å². The molecule has 0 aliphatic carbocycles. The summed E-state index contributed by atoms with van der Waals surface area (Å²) in [4.78, 5) is 0. The first kappa shape index (κ1) is 54.7. The van der Waals surface area contributed by atoms with Gasteiger partial charge in [-0.2, -0.15) is 0 Å². The Morgan fingerprint density at radius 1 is 0.615 bits per heavy atom. The second-order valence-corrected chi connectivity index (χ2v) is 19.6. The molecule has 3 atom stereocenters. The van der Waals surface area contributed by atoms with Crippen molar-refractivity contribution in [3.63, 3.8) is 0 Å². The molecule has 4 rings (SSSR count). The number of rotatable bonds is 21. The minimum absolute atomic E-state index is 0.00148. The summed E-state index contributed by atoms with van der Waals surface area (Å²) in [6.07, 6.45) is 17.8. The van der Waals surface area contributed by atoms with E-state index in [-0.39, 0.29) is 29.4 Å². The zero-order chi connectivity index (χ0) is 47.9. The monoisotopic (exact) mass is 935 g/mol. The average Bonchev–Trinajstić information content (AvgIpc) is 3.24. The molecule has 0 amide bonds. The van der Waals surface area contributed by atoms with E-state index in [0.717, 1.165) is 85.1 Å². The van der Waals surface area contributed by atoms with Crippen LogP contribution in [0.5, 0.6) is 11.5 Å². The first-order chi connectivity index (χ1) is 30.8.